The highest BCUT2D eigenvalue weighted by molar-refractivity contribution is 7.20. The van der Waals surface area contributed by atoms with Crippen LogP contribution in [-0.2, 0) is 19.0 Å². The zero-order valence-electron chi connectivity index (χ0n) is 15.3. The molecule has 0 radical (unpaired) electrons. The molecule has 1 fully saturated rings. The van der Waals surface area contributed by atoms with Crippen molar-refractivity contribution in [3.63, 3.8) is 0 Å². The lowest BCUT2D eigenvalue weighted by molar-refractivity contribution is 0.241. The van der Waals surface area contributed by atoms with Crippen LogP contribution >= 0.6 is 11.3 Å². The monoisotopic (exact) mass is 359 g/mol. The number of hydrogen-bond acceptors (Lipinski definition) is 6. The summed E-state index contributed by atoms with van der Waals surface area (Å²) in [4.78, 5) is 15.0. The van der Waals surface area contributed by atoms with Crippen LogP contribution in [0, 0.1) is 0 Å². The fourth-order valence-corrected chi connectivity index (χ4v) is 3.96. The van der Waals surface area contributed by atoms with Crippen LogP contribution in [0.1, 0.15) is 32.3 Å². The minimum Gasteiger partial charge on any atom is -0.344 e. The SMILES string of the molecule is Cn1ccnc1CN1CCN(c2nn3cc(C(C)(C)C)nc3s2)CC1. The first kappa shape index (κ1) is 16.5. The van der Waals surface area contributed by atoms with Gasteiger partial charge < -0.3 is 9.47 Å². The van der Waals surface area contributed by atoms with Gasteiger partial charge in [-0.3, -0.25) is 4.90 Å². The standard InChI is InChI=1S/C17H25N7S/c1-17(2,3)13-11-24-15(19-13)25-16(20-24)23-9-7-22(8-10-23)12-14-18-5-6-21(14)4/h5-6,11H,7-10,12H2,1-4H3. The van der Waals surface area contributed by atoms with E-state index in [9.17, 15) is 0 Å². The first-order valence-corrected chi connectivity index (χ1v) is 9.52. The Balaban J connectivity index is 1.41. The van der Waals surface area contributed by atoms with Crippen molar-refractivity contribution in [3.05, 3.63) is 30.1 Å². The summed E-state index contributed by atoms with van der Waals surface area (Å²) in [6.07, 6.45) is 5.93. The van der Waals surface area contributed by atoms with Crippen LogP contribution in [0.2, 0.25) is 0 Å². The largest absolute Gasteiger partial charge is 0.344 e. The van der Waals surface area contributed by atoms with E-state index < -0.39 is 0 Å². The Labute approximate surface area is 151 Å². The summed E-state index contributed by atoms with van der Waals surface area (Å²) in [5.74, 6) is 1.12. The molecule has 4 rings (SSSR count). The van der Waals surface area contributed by atoms with Crippen LogP contribution in [0.3, 0.4) is 0 Å². The van der Waals surface area contributed by atoms with E-state index in [1.807, 2.05) is 16.9 Å². The summed E-state index contributed by atoms with van der Waals surface area (Å²) in [7, 11) is 2.05. The van der Waals surface area contributed by atoms with E-state index in [0.29, 0.717) is 0 Å². The van der Waals surface area contributed by atoms with Gasteiger partial charge in [0, 0.05) is 51.0 Å². The molecule has 0 atom stereocenters. The van der Waals surface area contributed by atoms with Crippen LogP contribution in [0.15, 0.2) is 18.6 Å². The van der Waals surface area contributed by atoms with Crippen LogP contribution < -0.4 is 4.90 Å². The second-order valence-electron chi connectivity index (χ2n) is 7.71. The molecule has 3 aromatic rings. The van der Waals surface area contributed by atoms with Gasteiger partial charge >= 0.3 is 0 Å². The van der Waals surface area contributed by atoms with E-state index in [1.54, 1.807) is 11.3 Å². The van der Waals surface area contributed by atoms with Crippen molar-refractivity contribution in [1.82, 2.24) is 29.0 Å². The Morgan fingerprint density at radius 1 is 1.16 bits per heavy atom. The van der Waals surface area contributed by atoms with Gasteiger partial charge in [0.15, 0.2) is 0 Å². The molecule has 3 aromatic heterocycles. The summed E-state index contributed by atoms with van der Waals surface area (Å²) < 4.78 is 4.02. The third-order valence-electron chi connectivity index (χ3n) is 4.73. The average molecular weight is 360 g/mol. The lowest BCUT2D eigenvalue weighted by atomic mass is 9.93. The maximum Gasteiger partial charge on any atom is 0.214 e. The Morgan fingerprint density at radius 3 is 2.52 bits per heavy atom. The molecule has 8 heteroatoms. The molecule has 0 aromatic carbocycles. The van der Waals surface area contributed by atoms with Crippen LogP contribution in [-0.4, -0.2) is 55.2 Å². The van der Waals surface area contributed by atoms with Gasteiger partial charge in [-0.25, -0.2) is 14.5 Å². The summed E-state index contributed by atoms with van der Waals surface area (Å²) >= 11 is 1.68. The number of rotatable bonds is 3. The van der Waals surface area contributed by atoms with Gasteiger partial charge in [0.2, 0.25) is 10.1 Å². The molecular weight excluding hydrogens is 334 g/mol. The maximum absolute atomic E-state index is 4.75. The number of hydrogen-bond donors (Lipinski definition) is 0. The Bertz CT molecular complexity index is 830. The molecule has 25 heavy (non-hydrogen) atoms. The minimum atomic E-state index is 0.0597. The molecule has 1 saturated heterocycles. The van der Waals surface area contributed by atoms with E-state index >= 15 is 0 Å². The molecule has 0 amide bonds. The van der Waals surface area contributed by atoms with Gasteiger partial charge in [-0.15, -0.1) is 5.10 Å². The van der Waals surface area contributed by atoms with Crippen molar-refractivity contribution in [2.75, 3.05) is 31.1 Å². The summed E-state index contributed by atoms with van der Waals surface area (Å²) in [5, 5.41) is 5.82. The van der Waals surface area contributed by atoms with Crippen LogP contribution in [0.4, 0.5) is 5.13 Å². The molecule has 1 aliphatic heterocycles. The summed E-state index contributed by atoms with van der Waals surface area (Å²) in [5.41, 5.74) is 1.15. The van der Waals surface area contributed by atoms with E-state index in [1.165, 1.54) is 0 Å². The number of piperazine rings is 1. The summed E-state index contributed by atoms with van der Waals surface area (Å²) in [6, 6.07) is 0. The molecular formula is C17H25N7S. The van der Waals surface area contributed by atoms with Gasteiger partial charge in [-0.1, -0.05) is 32.1 Å². The zero-order chi connectivity index (χ0) is 17.6. The van der Waals surface area contributed by atoms with Crippen molar-refractivity contribution in [3.8, 4) is 0 Å². The van der Waals surface area contributed by atoms with Crippen molar-refractivity contribution >= 4 is 21.4 Å². The molecule has 0 aliphatic carbocycles. The molecule has 0 N–H and O–H groups in total. The highest BCUT2D eigenvalue weighted by Gasteiger charge is 2.23. The van der Waals surface area contributed by atoms with Crippen LogP contribution in [0.5, 0.6) is 0 Å². The van der Waals surface area contributed by atoms with Gasteiger partial charge in [0.1, 0.15) is 5.82 Å². The Kier molecular flexibility index (Phi) is 4.04. The quantitative estimate of drug-likeness (QED) is 0.717. The third kappa shape index (κ3) is 3.28. The highest BCUT2D eigenvalue weighted by atomic mass is 32.1. The van der Waals surface area contributed by atoms with Crippen molar-refractivity contribution in [2.24, 2.45) is 7.05 Å². The normalized spacial score (nSPS) is 16.9. The lowest BCUT2D eigenvalue weighted by Crippen LogP contribution is -2.46. The van der Waals surface area contributed by atoms with E-state index in [4.69, 9.17) is 10.1 Å². The Hall–Kier alpha value is -1.93. The van der Waals surface area contributed by atoms with E-state index in [2.05, 4.69) is 53.4 Å². The van der Waals surface area contributed by atoms with Crippen molar-refractivity contribution in [2.45, 2.75) is 32.7 Å². The first-order valence-electron chi connectivity index (χ1n) is 8.70. The number of imidazole rings is 2. The predicted molar refractivity (Wildman–Crippen MR) is 100 cm³/mol. The maximum atomic E-state index is 4.75. The van der Waals surface area contributed by atoms with E-state index in [0.717, 1.165) is 54.3 Å². The van der Waals surface area contributed by atoms with E-state index in [-0.39, 0.29) is 5.41 Å². The topological polar surface area (TPSA) is 54.5 Å². The van der Waals surface area contributed by atoms with Gasteiger partial charge in [-0.05, 0) is 0 Å². The predicted octanol–water partition coefficient (Wildman–Crippen LogP) is 2.14. The average Bonchev–Trinajstić information content (AvgIpc) is 3.22. The van der Waals surface area contributed by atoms with Crippen molar-refractivity contribution < 1.29 is 0 Å². The number of aromatic nitrogens is 5. The number of nitrogens with zero attached hydrogens (tertiary/aromatic N) is 7. The second-order valence-corrected chi connectivity index (χ2v) is 8.64. The lowest BCUT2D eigenvalue weighted by Gasteiger charge is -2.34. The highest BCUT2D eigenvalue weighted by Crippen LogP contribution is 2.28. The van der Waals surface area contributed by atoms with Crippen LogP contribution in [0.25, 0.3) is 4.96 Å². The molecule has 0 bridgehead atoms. The molecule has 7 nitrogen and oxygen atoms in total. The Morgan fingerprint density at radius 2 is 1.92 bits per heavy atom. The molecule has 134 valence electrons. The molecule has 0 spiro atoms. The first-order chi connectivity index (χ1) is 11.9. The molecule has 0 unspecified atom stereocenters. The number of aryl methyl sites for hydroxylation is 1. The molecule has 0 saturated carbocycles. The fourth-order valence-electron chi connectivity index (χ4n) is 3.02. The van der Waals surface area contributed by atoms with Crippen molar-refractivity contribution in [1.29, 1.82) is 0 Å². The fraction of sp³-hybridized carbons (Fsp3) is 0.588. The van der Waals surface area contributed by atoms with Gasteiger partial charge in [0.05, 0.1) is 18.4 Å². The number of fused-ring (bicyclic) bond motifs is 1. The van der Waals surface area contributed by atoms with Gasteiger partial charge in [0.25, 0.3) is 0 Å². The smallest absolute Gasteiger partial charge is 0.214 e. The minimum absolute atomic E-state index is 0.0597. The molecule has 1 aliphatic rings. The zero-order valence-corrected chi connectivity index (χ0v) is 16.1. The second kappa shape index (κ2) is 6.10. The number of anilines is 1. The van der Waals surface area contributed by atoms with Gasteiger partial charge in [-0.2, -0.15) is 0 Å². The molecule has 4 heterocycles. The third-order valence-corrected chi connectivity index (χ3v) is 5.71. The summed E-state index contributed by atoms with van der Waals surface area (Å²) in [6.45, 7) is 11.5.